The average molecular weight is 254 g/mol. The van der Waals surface area contributed by atoms with Crippen molar-refractivity contribution in [1.29, 1.82) is 0 Å². The van der Waals surface area contributed by atoms with Crippen LogP contribution in [-0.2, 0) is 4.74 Å². The van der Waals surface area contributed by atoms with Crippen LogP contribution in [0.3, 0.4) is 0 Å². The van der Waals surface area contributed by atoms with Gasteiger partial charge in [-0.25, -0.2) is 4.98 Å². The van der Waals surface area contributed by atoms with E-state index in [-0.39, 0.29) is 23.3 Å². The van der Waals surface area contributed by atoms with Crippen LogP contribution in [0.5, 0.6) is 5.88 Å². The Bertz CT molecular complexity index is 472. The zero-order valence-corrected chi connectivity index (χ0v) is 10.5. The van der Waals surface area contributed by atoms with E-state index >= 15 is 0 Å². The third-order valence-electron chi connectivity index (χ3n) is 2.67. The molecular weight excluding hydrogens is 236 g/mol. The first-order chi connectivity index (χ1) is 8.48. The van der Waals surface area contributed by atoms with Crippen molar-refractivity contribution in [1.82, 2.24) is 15.3 Å². The van der Waals surface area contributed by atoms with Gasteiger partial charge in [0.2, 0.25) is 5.88 Å². The Morgan fingerprint density at radius 1 is 1.67 bits per heavy atom. The predicted octanol–water partition coefficient (Wildman–Crippen LogP) is -0.502. The predicted molar refractivity (Wildman–Crippen MR) is 66.6 cm³/mol. The summed E-state index contributed by atoms with van der Waals surface area (Å²) >= 11 is 0. The normalized spacial score (nSPS) is 22.7. The van der Waals surface area contributed by atoms with Crippen LogP contribution >= 0.6 is 0 Å². The van der Waals surface area contributed by atoms with E-state index in [1.165, 1.54) is 6.33 Å². The summed E-state index contributed by atoms with van der Waals surface area (Å²) < 4.78 is 11.3. The largest absolute Gasteiger partial charge is 0.473 e. The molecule has 18 heavy (non-hydrogen) atoms. The minimum absolute atomic E-state index is 0.0134. The number of aromatic amines is 1. The number of hydrogen-bond acceptors (Lipinski definition) is 6. The highest BCUT2D eigenvalue weighted by Crippen LogP contribution is 2.17. The van der Waals surface area contributed by atoms with Crippen LogP contribution in [0.4, 0.5) is 5.69 Å². The maximum absolute atomic E-state index is 11.2. The Morgan fingerprint density at radius 3 is 3.17 bits per heavy atom. The molecule has 0 spiro atoms. The molecule has 2 heterocycles. The van der Waals surface area contributed by atoms with Crippen molar-refractivity contribution in [2.45, 2.75) is 25.6 Å². The van der Waals surface area contributed by atoms with Gasteiger partial charge in [-0.2, -0.15) is 0 Å². The third kappa shape index (κ3) is 2.99. The second-order valence-electron chi connectivity index (χ2n) is 4.89. The van der Waals surface area contributed by atoms with Gasteiger partial charge in [0.1, 0.15) is 12.7 Å². The highest BCUT2D eigenvalue weighted by atomic mass is 16.6. The first kappa shape index (κ1) is 12.8. The van der Waals surface area contributed by atoms with Crippen molar-refractivity contribution in [3.8, 4) is 5.88 Å². The number of nitrogen functional groups attached to an aromatic ring is 1. The number of rotatable bonds is 3. The molecule has 7 heteroatoms. The maximum atomic E-state index is 11.2. The van der Waals surface area contributed by atoms with Gasteiger partial charge < -0.3 is 25.5 Å². The van der Waals surface area contributed by atoms with Gasteiger partial charge in [0.05, 0.1) is 11.9 Å². The molecule has 0 bridgehead atoms. The number of nitrogens with two attached hydrogens (primary N) is 1. The van der Waals surface area contributed by atoms with E-state index in [0.717, 1.165) is 6.54 Å². The van der Waals surface area contributed by atoms with Crippen molar-refractivity contribution in [3.05, 3.63) is 16.7 Å². The summed E-state index contributed by atoms with van der Waals surface area (Å²) in [5, 5.41) is 3.26. The summed E-state index contributed by atoms with van der Waals surface area (Å²) in [4.78, 5) is 17.5. The van der Waals surface area contributed by atoms with Crippen LogP contribution in [0, 0.1) is 0 Å². The molecule has 0 amide bonds. The SMILES string of the molecule is CC1(C)CNCC(COc2nc[nH]c(=O)c2N)O1. The molecule has 1 aromatic heterocycles. The molecule has 0 aromatic carbocycles. The molecular formula is C11H18N4O3. The van der Waals surface area contributed by atoms with E-state index < -0.39 is 5.56 Å². The molecule has 1 aliphatic heterocycles. The lowest BCUT2D eigenvalue weighted by molar-refractivity contribution is -0.107. The van der Waals surface area contributed by atoms with Crippen LogP contribution in [-0.4, -0.2) is 41.4 Å². The summed E-state index contributed by atoms with van der Waals surface area (Å²) in [5.41, 5.74) is 4.93. The van der Waals surface area contributed by atoms with Crippen molar-refractivity contribution < 1.29 is 9.47 Å². The van der Waals surface area contributed by atoms with Crippen molar-refractivity contribution in [3.63, 3.8) is 0 Å². The zero-order chi connectivity index (χ0) is 13.2. The van der Waals surface area contributed by atoms with Gasteiger partial charge >= 0.3 is 0 Å². The van der Waals surface area contributed by atoms with E-state index in [4.69, 9.17) is 15.2 Å². The third-order valence-corrected chi connectivity index (χ3v) is 2.67. The highest BCUT2D eigenvalue weighted by Gasteiger charge is 2.28. The lowest BCUT2D eigenvalue weighted by atomic mass is 10.1. The Labute approximate surface area is 105 Å². The Morgan fingerprint density at radius 2 is 2.44 bits per heavy atom. The van der Waals surface area contributed by atoms with Gasteiger partial charge in [-0.3, -0.25) is 4.79 Å². The van der Waals surface area contributed by atoms with Gasteiger partial charge in [0.25, 0.3) is 5.56 Å². The minimum atomic E-state index is -0.400. The van der Waals surface area contributed by atoms with Gasteiger partial charge in [0, 0.05) is 13.1 Å². The summed E-state index contributed by atoms with van der Waals surface area (Å²) in [7, 11) is 0. The van der Waals surface area contributed by atoms with Crippen LogP contribution in [0.2, 0.25) is 0 Å². The monoisotopic (exact) mass is 254 g/mol. The second kappa shape index (κ2) is 4.95. The molecule has 100 valence electrons. The molecule has 1 aliphatic rings. The summed E-state index contributed by atoms with van der Waals surface area (Å²) in [5.74, 6) is 0.144. The molecule has 1 saturated heterocycles. The molecule has 7 nitrogen and oxygen atoms in total. The standard InChI is InChI=1S/C11H18N4O3/c1-11(2)5-13-3-7(18-11)4-17-10-8(12)9(16)14-6-15-10/h6-7,13H,3-5,12H2,1-2H3,(H,14,15,16). The molecule has 1 aromatic rings. The molecule has 2 rings (SSSR count). The smallest absolute Gasteiger partial charge is 0.277 e. The number of anilines is 1. The van der Waals surface area contributed by atoms with Crippen LogP contribution in [0.1, 0.15) is 13.8 Å². The first-order valence-electron chi connectivity index (χ1n) is 5.82. The minimum Gasteiger partial charge on any atom is -0.473 e. The fraction of sp³-hybridized carbons (Fsp3) is 0.636. The van der Waals surface area contributed by atoms with Crippen molar-refractivity contribution >= 4 is 5.69 Å². The molecule has 0 saturated carbocycles. The Kier molecular flexibility index (Phi) is 3.53. The fourth-order valence-electron chi connectivity index (χ4n) is 1.84. The molecule has 0 aliphatic carbocycles. The number of ether oxygens (including phenoxy) is 2. The van der Waals surface area contributed by atoms with Gasteiger partial charge in [0.15, 0.2) is 5.69 Å². The Hall–Kier alpha value is -1.60. The second-order valence-corrected chi connectivity index (χ2v) is 4.89. The van der Waals surface area contributed by atoms with Crippen molar-refractivity contribution in [2.75, 3.05) is 25.4 Å². The molecule has 0 radical (unpaired) electrons. The van der Waals surface area contributed by atoms with Gasteiger partial charge in [-0.15, -0.1) is 0 Å². The lowest BCUT2D eigenvalue weighted by Gasteiger charge is -2.36. The molecule has 4 N–H and O–H groups in total. The Balaban J connectivity index is 1.95. The lowest BCUT2D eigenvalue weighted by Crippen LogP contribution is -2.52. The van der Waals surface area contributed by atoms with Crippen LogP contribution < -0.4 is 21.3 Å². The van der Waals surface area contributed by atoms with E-state index in [0.29, 0.717) is 13.2 Å². The first-order valence-corrected chi connectivity index (χ1v) is 5.82. The number of nitrogens with one attached hydrogen (secondary N) is 2. The number of hydrogen-bond donors (Lipinski definition) is 3. The van der Waals surface area contributed by atoms with E-state index in [2.05, 4.69) is 15.3 Å². The van der Waals surface area contributed by atoms with Crippen LogP contribution in [0.25, 0.3) is 0 Å². The number of morpholine rings is 1. The number of H-pyrrole nitrogens is 1. The molecule has 1 unspecified atom stereocenters. The van der Waals surface area contributed by atoms with E-state index in [1.54, 1.807) is 0 Å². The molecule has 1 fully saturated rings. The van der Waals surface area contributed by atoms with Gasteiger partial charge in [-0.05, 0) is 13.8 Å². The van der Waals surface area contributed by atoms with Gasteiger partial charge in [-0.1, -0.05) is 0 Å². The summed E-state index contributed by atoms with van der Waals surface area (Å²) in [6, 6.07) is 0. The van der Waals surface area contributed by atoms with Crippen LogP contribution in [0.15, 0.2) is 11.1 Å². The van der Waals surface area contributed by atoms with E-state index in [1.807, 2.05) is 13.8 Å². The topological polar surface area (TPSA) is 102 Å². The maximum Gasteiger partial charge on any atom is 0.277 e. The zero-order valence-electron chi connectivity index (χ0n) is 10.5. The van der Waals surface area contributed by atoms with E-state index in [9.17, 15) is 4.79 Å². The summed E-state index contributed by atoms with van der Waals surface area (Å²) in [6.07, 6.45) is 1.17. The average Bonchev–Trinajstić information content (AvgIpc) is 2.30. The van der Waals surface area contributed by atoms with Crippen molar-refractivity contribution in [2.24, 2.45) is 0 Å². The molecule has 1 atom stereocenters. The number of aromatic nitrogens is 2. The fourth-order valence-corrected chi connectivity index (χ4v) is 1.84. The highest BCUT2D eigenvalue weighted by molar-refractivity contribution is 5.44. The number of nitrogens with zero attached hydrogens (tertiary/aromatic N) is 1. The quantitative estimate of drug-likeness (QED) is 0.672. The summed E-state index contributed by atoms with van der Waals surface area (Å²) in [6.45, 7) is 5.82.